The zero-order chi connectivity index (χ0) is 28.7. The van der Waals surface area contributed by atoms with E-state index in [1.54, 1.807) is 12.3 Å². The molecule has 1 atom stereocenters. The number of piperidine rings is 1. The van der Waals surface area contributed by atoms with E-state index in [4.69, 9.17) is 9.97 Å². The lowest BCUT2D eigenvalue weighted by molar-refractivity contribution is -0.154. The third kappa shape index (κ3) is 5.12. The van der Waals surface area contributed by atoms with Gasteiger partial charge in [0.1, 0.15) is 11.4 Å². The second kappa shape index (κ2) is 10.5. The largest absolute Gasteiger partial charge is 0.341 e. The molecule has 0 radical (unpaired) electrons. The van der Waals surface area contributed by atoms with E-state index in [1.807, 2.05) is 50.9 Å². The fourth-order valence-corrected chi connectivity index (χ4v) is 5.80. The van der Waals surface area contributed by atoms with Gasteiger partial charge in [-0.3, -0.25) is 14.8 Å². The van der Waals surface area contributed by atoms with Crippen LogP contribution < -0.4 is 10.2 Å². The Morgan fingerprint density at radius 1 is 1.05 bits per heavy atom. The van der Waals surface area contributed by atoms with E-state index in [0.717, 1.165) is 29.7 Å². The van der Waals surface area contributed by atoms with E-state index in [9.17, 15) is 9.18 Å². The lowest BCUT2D eigenvalue weighted by atomic mass is 9.82. The van der Waals surface area contributed by atoms with Gasteiger partial charge in [0, 0.05) is 55.9 Å². The van der Waals surface area contributed by atoms with Crippen molar-refractivity contribution in [3.8, 4) is 5.82 Å². The predicted octanol–water partition coefficient (Wildman–Crippen LogP) is 3.15. The van der Waals surface area contributed by atoms with Gasteiger partial charge >= 0.3 is 0 Å². The zero-order valence-corrected chi connectivity index (χ0v) is 23.7. The Kier molecular flexibility index (Phi) is 6.89. The molecule has 6 heterocycles. The number of rotatable bonds is 6. The number of piperazine rings is 1. The third-order valence-electron chi connectivity index (χ3n) is 8.25. The molecule has 0 bridgehead atoms. The van der Waals surface area contributed by atoms with Gasteiger partial charge in [-0.1, -0.05) is 6.07 Å². The predicted molar refractivity (Wildman–Crippen MR) is 152 cm³/mol. The minimum atomic E-state index is -0.583. The number of hydrogen-bond acceptors (Lipinski definition) is 9. The van der Waals surface area contributed by atoms with Crippen molar-refractivity contribution in [2.24, 2.45) is 0 Å². The van der Waals surface area contributed by atoms with Crippen LogP contribution in [0, 0.1) is 19.7 Å². The summed E-state index contributed by atoms with van der Waals surface area (Å²) < 4.78 is 14.8. The molecule has 2 aliphatic rings. The summed E-state index contributed by atoms with van der Waals surface area (Å²) in [4.78, 5) is 34.4. The first-order valence-corrected chi connectivity index (χ1v) is 13.8. The molecule has 6 rings (SSSR count). The number of hydrogen-bond donors (Lipinski definition) is 2. The average molecular weight is 560 g/mol. The molecule has 0 aliphatic carbocycles. The molecular weight excluding hydrogens is 525 g/mol. The van der Waals surface area contributed by atoms with Crippen LogP contribution >= 0.6 is 0 Å². The topological polar surface area (TPSA) is 124 Å². The number of aromatic amines is 1. The molecule has 2 saturated heterocycles. The van der Waals surface area contributed by atoms with E-state index in [0.29, 0.717) is 55.9 Å². The van der Waals surface area contributed by atoms with E-state index in [1.165, 1.54) is 10.9 Å². The summed E-state index contributed by atoms with van der Waals surface area (Å²) in [5.74, 6) is 2.27. The lowest BCUT2D eigenvalue weighted by Gasteiger charge is -2.52. The highest BCUT2D eigenvalue weighted by molar-refractivity contribution is 5.88. The van der Waals surface area contributed by atoms with Gasteiger partial charge in [0.15, 0.2) is 17.5 Å². The molecule has 0 saturated carbocycles. The highest BCUT2D eigenvalue weighted by atomic mass is 19.1. The first-order chi connectivity index (χ1) is 19.7. The summed E-state index contributed by atoms with van der Waals surface area (Å²) in [6, 6.07) is 7.39. The van der Waals surface area contributed by atoms with Crippen molar-refractivity contribution in [2.45, 2.75) is 45.2 Å². The van der Waals surface area contributed by atoms with Gasteiger partial charge in [0.25, 0.3) is 0 Å². The molecule has 4 aromatic rings. The van der Waals surface area contributed by atoms with Crippen LogP contribution in [0.2, 0.25) is 0 Å². The van der Waals surface area contributed by atoms with Gasteiger partial charge in [-0.05, 0) is 52.3 Å². The van der Waals surface area contributed by atoms with Crippen molar-refractivity contribution in [3.05, 3.63) is 65.6 Å². The normalized spacial score (nSPS) is 18.2. The minimum Gasteiger partial charge on any atom is -0.341 e. The molecule has 41 heavy (non-hydrogen) atoms. The number of likely N-dealkylation sites (N-methyl/N-ethyl adjacent to an activating group) is 1. The number of carbonyl (C=O) groups excluding carboxylic acids is 1. The van der Waals surface area contributed by atoms with Gasteiger partial charge in [0.05, 0.1) is 18.4 Å². The van der Waals surface area contributed by atoms with Gasteiger partial charge in [-0.2, -0.15) is 15.2 Å². The van der Waals surface area contributed by atoms with Crippen LogP contribution in [0.15, 0.2) is 42.9 Å². The highest BCUT2D eigenvalue weighted by Crippen LogP contribution is 2.37. The van der Waals surface area contributed by atoms with E-state index < -0.39 is 11.4 Å². The first kappa shape index (κ1) is 26.8. The zero-order valence-electron chi connectivity index (χ0n) is 23.7. The van der Waals surface area contributed by atoms with Crippen LogP contribution in [-0.4, -0.2) is 89.4 Å². The smallest absolute Gasteiger partial charge is 0.243 e. The Hall–Kier alpha value is -4.39. The van der Waals surface area contributed by atoms with Crippen molar-refractivity contribution in [3.63, 3.8) is 0 Å². The number of amides is 1. The van der Waals surface area contributed by atoms with Crippen molar-refractivity contribution in [1.29, 1.82) is 0 Å². The Labute approximate surface area is 237 Å². The molecule has 0 aromatic carbocycles. The summed E-state index contributed by atoms with van der Waals surface area (Å²) in [5, 5.41) is 14.4. The summed E-state index contributed by atoms with van der Waals surface area (Å²) in [6.07, 6.45) is 5.52. The van der Waals surface area contributed by atoms with Crippen molar-refractivity contribution in [1.82, 2.24) is 44.7 Å². The maximum absolute atomic E-state index is 14.1. The van der Waals surface area contributed by atoms with E-state index in [2.05, 4.69) is 35.4 Å². The molecule has 4 aromatic heterocycles. The number of H-pyrrole nitrogens is 1. The van der Waals surface area contributed by atoms with Crippen molar-refractivity contribution >= 4 is 23.5 Å². The molecule has 2 fully saturated rings. The van der Waals surface area contributed by atoms with Gasteiger partial charge in [-0.15, -0.1) is 0 Å². The molecule has 1 spiro atoms. The molecule has 2 aliphatic heterocycles. The Balaban J connectivity index is 1.16. The van der Waals surface area contributed by atoms with Crippen LogP contribution in [0.5, 0.6) is 0 Å². The Morgan fingerprint density at radius 2 is 1.85 bits per heavy atom. The average Bonchev–Trinajstić information content (AvgIpc) is 3.59. The fourth-order valence-electron chi connectivity index (χ4n) is 5.80. The fraction of sp³-hybridized carbons (Fsp3) is 0.429. The number of pyridine rings is 1. The SMILES string of the molecule is Cc1cc(Nc2cc(C)[nH]n2)nc(N2CCC3(CC2)C(=O)N([C@@H](C)c2ccc(-n4cc(F)cn4)nc2)CCN3C)n1. The van der Waals surface area contributed by atoms with E-state index >= 15 is 0 Å². The first-order valence-electron chi connectivity index (χ1n) is 13.8. The number of anilines is 3. The number of halogens is 1. The third-order valence-corrected chi connectivity index (χ3v) is 8.25. The molecule has 12 nitrogen and oxygen atoms in total. The van der Waals surface area contributed by atoms with Crippen molar-refractivity contribution < 1.29 is 9.18 Å². The number of aryl methyl sites for hydroxylation is 2. The molecule has 1 amide bonds. The maximum Gasteiger partial charge on any atom is 0.243 e. The number of aromatic nitrogens is 7. The molecule has 214 valence electrons. The van der Waals surface area contributed by atoms with Crippen LogP contribution in [-0.2, 0) is 4.79 Å². The monoisotopic (exact) mass is 559 g/mol. The van der Waals surface area contributed by atoms with Gasteiger partial charge in [-0.25, -0.2) is 19.0 Å². The summed E-state index contributed by atoms with van der Waals surface area (Å²) in [7, 11) is 2.05. The van der Waals surface area contributed by atoms with Crippen LogP contribution in [0.3, 0.4) is 0 Å². The van der Waals surface area contributed by atoms with Crippen LogP contribution in [0.1, 0.15) is 42.8 Å². The standard InChI is InChI=1S/C28H34FN11O/c1-18-13-23(33-24-14-19(2)35-36-24)34-27(32-18)38-9-7-28(8-10-38)26(41)39(12-11-37(28)4)20(3)21-5-6-25(30-15-21)40-17-22(29)16-31-40/h5-6,13-17,20H,7-12H2,1-4H3,(H2,32,33,34,35,36)/t20-/m0/s1. The summed E-state index contributed by atoms with van der Waals surface area (Å²) >= 11 is 0. The highest BCUT2D eigenvalue weighted by Gasteiger charge is 2.50. The maximum atomic E-state index is 14.1. The minimum absolute atomic E-state index is 0.137. The number of carbonyl (C=O) groups is 1. The molecule has 0 unspecified atom stereocenters. The van der Waals surface area contributed by atoms with Gasteiger partial charge in [0.2, 0.25) is 11.9 Å². The second-order valence-electron chi connectivity index (χ2n) is 10.9. The number of nitrogens with zero attached hydrogens (tertiary/aromatic N) is 9. The molecular formula is C28H34FN11O. The number of nitrogens with one attached hydrogen (secondary N) is 2. The lowest BCUT2D eigenvalue weighted by Crippen LogP contribution is -2.68. The second-order valence-corrected chi connectivity index (χ2v) is 10.9. The van der Waals surface area contributed by atoms with Crippen molar-refractivity contribution in [2.75, 3.05) is 43.4 Å². The van der Waals surface area contributed by atoms with Crippen LogP contribution in [0.4, 0.5) is 22.0 Å². The van der Waals surface area contributed by atoms with E-state index in [-0.39, 0.29) is 11.9 Å². The quantitative estimate of drug-likeness (QED) is 0.367. The molecule has 13 heteroatoms. The summed E-state index contributed by atoms with van der Waals surface area (Å²) in [5.41, 5.74) is 2.16. The summed E-state index contributed by atoms with van der Waals surface area (Å²) in [6.45, 7) is 8.68. The molecule has 2 N–H and O–H groups in total. The van der Waals surface area contributed by atoms with Gasteiger partial charge < -0.3 is 15.1 Å². The Bertz CT molecular complexity index is 1540. The Morgan fingerprint density at radius 3 is 2.51 bits per heavy atom. The van der Waals surface area contributed by atoms with Crippen LogP contribution in [0.25, 0.3) is 5.82 Å².